The fourth-order valence-electron chi connectivity index (χ4n) is 2.65. The lowest BCUT2D eigenvalue weighted by Crippen LogP contribution is -2.28. The van der Waals surface area contributed by atoms with Crippen LogP contribution in [0.2, 0.25) is 0 Å². The number of para-hydroxylation sites is 1. The van der Waals surface area contributed by atoms with Gasteiger partial charge in [-0.3, -0.25) is 4.79 Å². The summed E-state index contributed by atoms with van der Waals surface area (Å²) < 4.78 is 7.69. The summed E-state index contributed by atoms with van der Waals surface area (Å²) in [5, 5.41) is 7.26. The van der Waals surface area contributed by atoms with Gasteiger partial charge in [-0.25, -0.2) is 9.48 Å². The number of aromatic nitrogens is 2. The van der Waals surface area contributed by atoms with E-state index in [1.807, 2.05) is 60.8 Å². The average Bonchev–Trinajstić information content (AvgIpc) is 3.16. The van der Waals surface area contributed by atoms with Crippen LogP contribution in [0.15, 0.2) is 71.3 Å². The monoisotopic (exact) mass is 453 g/mol. The SMILES string of the molecule is CCNC(=O)COC(=O)/C=C/c1cn(-c2ccccc2)nc1-c1ccc(Br)cc1. The number of ether oxygens (including phenoxy) is 1. The molecule has 0 saturated heterocycles. The van der Waals surface area contributed by atoms with Crippen LogP contribution in [0.3, 0.4) is 0 Å². The highest BCUT2D eigenvalue weighted by atomic mass is 79.9. The topological polar surface area (TPSA) is 73.2 Å². The molecule has 1 N–H and O–H groups in total. The van der Waals surface area contributed by atoms with Gasteiger partial charge in [0.2, 0.25) is 0 Å². The molecule has 0 aliphatic carbocycles. The Hall–Kier alpha value is -3.19. The summed E-state index contributed by atoms with van der Waals surface area (Å²) in [6.45, 7) is 1.98. The molecule has 1 amide bonds. The molecule has 0 aliphatic rings. The quantitative estimate of drug-likeness (QED) is 0.433. The average molecular weight is 454 g/mol. The van der Waals surface area contributed by atoms with Crippen LogP contribution in [0.5, 0.6) is 0 Å². The van der Waals surface area contributed by atoms with E-state index < -0.39 is 5.97 Å². The number of nitrogens with one attached hydrogen (secondary N) is 1. The molecule has 3 rings (SSSR count). The minimum atomic E-state index is -0.592. The van der Waals surface area contributed by atoms with E-state index in [2.05, 4.69) is 21.2 Å². The highest BCUT2D eigenvalue weighted by Gasteiger charge is 2.11. The third-order valence-electron chi connectivity index (χ3n) is 4.00. The van der Waals surface area contributed by atoms with E-state index in [-0.39, 0.29) is 12.5 Å². The molecule has 3 aromatic rings. The first kappa shape index (κ1) is 20.5. The molecule has 0 bridgehead atoms. The summed E-state index contributed by atoms with van der Waals surface area (Å²) in [6.07, 6.45) is 4.79. The molecule has 0 radical (unpaired) electrons. The molecule has 2 aromatic carbocycles. The molecule has 0 atom stereocenters. The largest absolute Gasteiger partial charge is 0.452 e. The number of hydrogen-bond donors (Lipinski definition) is 1. The van der Waals surface area contributed by atoms with Crippen molar-refractivity contribution < 1.29 is 14.3 Å². The number of carbonyl (C=O) groups excluding carboxylic acids is 2. The summed E-state index contributed by atoms with van der Waals surface area (Å²) in [4.78, 5) is 23.4. The zero-order chi connectivity index (χ0) is 20.6. The van der Waals surface area contributed by atoms with E-state index in [0.29, 0.717) is 6.54 Å². The van der Waals surface area contributed by atoms with Gasteiger partial charge in [0.05, 0.1) is 11.4 Å². The molecule has 1 aromatic heterocycles. The number of amides is 1. The number of benzene rings is 2. The van der Waals surface area contributed by atoms with Gasteiger partial charge in [-0.1, -0.05) is 46.3 Å². The lowest BCUT2D eigenvalue weighted by molar-refractivity contribution is -0.143. The highest BCUT2D eigenvalue weighted by Crippen LogP contribution is 2.26. The van der Waals surface area contributed by atoms with Crippen LogP contribution in [-0.2, 0) is 14.3 Å². The summed E-state index contributed by atoms with van der Waals surface area (Å²) in [7, 11) is 0. The predicted molar refractivity (Wildman–Crippen MR) is 115 cm³/mol. The number of nitrogens with zero attached hydrogens (tertiary/aromatic N) is 2. The van der Waals surface area contributed by atoms with Gasteiger partial charge in [0.25, 0.3) is 5.91 Å². The van der Waals surface area contributed by atoms with Gasteiger partial charge in [-0.2, -0.15) is 5.10 Å². The lowest BCUT2D eigenvalue weighted by Gasteiger charge is -2.02. The number of esters is 1. The predicted octanol–water partition coefficient (Wildman–Crippen LogP) is 3.99. The first-order valence-corrected chi connectivity index (χ1v) is 9.88. The van der Waals surface area contributed by atoms with Crippen LogP contribution in [0.4, 0.5) is 0 Å². The molecule has 0 fully saturated rings. The van der Waals surface area contributed by atoms with Gasteiger partial charge < -0.3 is 10.1 Å². The molecule has 6 nitrogen and oxygen atoms in total. The number of halogens is 1. The molecule has 29 heavy (non-hydrogen) atoms. The van der Waals surface area contributed by atoms with Gasteiger partial charge in [0.1, 0.15) is 0 Å². The van der Waals surface area contributed by atoms with E-state index in [1.165, 1.54) is 6.08 Å². The maximum Gasteiger partial charge on any atom is 0.331 e. The van der Waals surface area contributed by atoms with Crippen molar-refractivity contribution >= 4 is 33.9 Å². The normalized spacial score (nSPS) is 10.8. The van der Waals surface area contributed by atoms with Gasteiger partial charge in [0.15, 0.2) is 6.61 Å². The molecule has 0 spiro atoms. The number of rotatable bonds is 7. The van der Waals surface area contributed by atoms with Crippen LogP contribution in [0, 0.1) is 0 Å². The van der Waals surface area contributed by atoms with Crippen LogP contribution in [-0.4, -0.2) is 34.8 Å². The Balaban J connectivity index is 1.86. The zero-order valence-corrected chi connectivity index (χ0v) is 17.4. The summed E-state index contributed by atoms with van der Waals surface area (Å²) in [5.74, 6) is -0.924. The van der Waals surface area contributed by atoms with E-state index >= 15 is 0 Å². The van der Waals surface area contributed by atoms with Crippen LogP contribution < -0.4 is 5.32 Å². The van der Waals surface area contributed by atoms with E-state index in [9.17, 15) is 9.59 Å². The summed E-state index contributed by atoms with van der Waals surface area (Å²) >= 11 is 3.43. The molecule has 7 heteroatoms. The minimum absolute atomic E-state index is 0.306. The maximum absolute atomic E-state index is 12.0. The number of hydrogen-bond acceptors (Lipinski definition) is 4. The fourth-order valence-corrected chi connectivity index (χ4v) is 2.91. The third-order valence-corrected chi connectivity index (χ3v) is 4.53. The fraction of sp³-hybridized carbons (Fsp3) is 0.136. The van der Waals surface area contributed by atoms with Crippen molar-refractivity contribution in [3.63, 3.8) is 0 Å². The molecular weight excluding hydrogens is 434 g/mol. The van der Waals surface area contributed by atoms with Crippen molar-refractivity contribution in [1.29, 1.82) is 0 Å². The first-order chi connectivity index (χ1) is 14.1. The second-order valence-corrected chi connectivity index (χ2v) is 7.03. The lowest BCUT2D eigenvalue weighted by atomic mass is 10.1. The Labute approximate surface area is 177 Å². The van der Waals surface area contributed by atoms with E-state index in [4.69, 9.17) is 9.84 Å². The minimum Gasteiger partial charge on any atom is -0.452 e. The van der Waals surface area contributed by atoms with Gasteiger partial charge in [-0.05, 0) is 37.3 Å². The number of likely N-dealkylation sites (N-methyl/N-ethyl adjacent to an activating group) is 1. The van der Waals surface area contributed by atoms with Crippen molar-refractivity contribution in [2.75, 3.05) is 13.2 Å². The van der Waals surface area contributed by atoms with E-state index in [1.54, 1.807) is 17.7 Å². The summed E-state index contributed by atoms with van der Waals surface area (Å²) in [5.41, 5.74) is 3.31. The van der Waals surface area contributed by atoms with Crippen LogP contribution >= 0.6 is 15.9 Å². The Bertz CT molecular complexity index is 1010. The smallest absolute Gasteiger partial charge is 0.331 e. The molecular formula is C22H20BrN3O3. The molecule has 148 valence electrons. The van der Waals surface area contributed by atoms with Gasteiger partial charge >= 0.3 is 5.97 Å². The molecule has 0 saturated carbocycles. The Morgan fingerprint density at radius 1 is 1.14 bits per heavy atom. The maximum atomic E-state index is 12.0. The molecule has 0 aliphatic heterocycles. The van der Waals surface area contributed by atoms with Crippen molar-refractivity contribution in [3.05, 3.63) is 76.9 Å². The number of carbonyl (C=O) groups is 2. The third kappa shape index (κ3) is 5.65. The van der Waals surface area contributed by atoms with Crippen molar-refractivity contribution in [2.45, 2.75) is 6.92 Å². The van der Waals surface area contributed by atoms with Gasteiger partial charge in [-0.15, -0.1) is 0 Å². The Morgan fingerprint density at radius 3 is 2.55 bits per heavy atom. The zero-order valence-electron chi connectivity index (χ0n) is 15.8. The standard InChI is InChI=1S/C22H20BrN3O3/c1-2-24-20(27)15-29-21(28)13-10-17-14-26(19-6-4-3-5-7-19)25-22(17)16-8-11-18(23)12-9-16/h3-14H,2,15H2,1H3,(H,24,27)/b13-10+. The van der Waals surface area contributed by atoms with Crippen molar-refractivity contribution in [2.24, 2.45) is 0 Å². The Kier molecular flexibility index (Phi) is 6.97. The highest BCUT2D eigenvalue weighted by molar-refractivity contribution is 9.10. The first-order valence-electron chi connectivity index (χ1n) is 9.09. The van der Waals surface area contributed by atoms with E-state index in [0.717, 1.165) is 27.0 Å². The van der Waals surface area contributed by atoms with Gasteiger partial charge in [0, 0.05) is 34.4 Å². The molecule has 0 unspecified atom stereocenters. The second-order valence-electron chi connectivity index (χ2n) is 6.11. The molecule has 1 heterocycles. The van der Waals surface area contributed by atoms with Crippen molar-refractivity contribution in [3.8, 4) is 16.9 Å². The second kappa shape index (κ2) is 9.84. The van der Waals surface area contributed by atoms with Crippen LogP contribution in [0.1, 0.15) is 12.5 Å². The summed E-state index contributed by atoms with van der Waals surface area (Å²) in [6, 6.07) is 17.5. The van der Waals surface area contributed by atoms with Crippen molar-refractivity contribution in [1.82, 2.24) is 15.1 Å². The van der Waals surface area contributed by atoms with Crippen LogP contribution in [0.25, 0.3) is 23.0 Å². The Morgan fingerprint density at radius 2 is 1.86 bits per heavy atom.